The fraction of sp³-hybridized carbons (Fsp3) is 0.111. The summed E-state index contributed by atoms with van der Waals surface area (Å²) in [4.78, 5) is 0. The van der Waals surface area contributed by atoms with Crippen LogP contribution in [0.2, 0.25) is 0 Å². The summed E-state index contributed by atoms with van der Waals surface area (Å²) in [7, 11) is 0. The lowest BCUT2D eigenvalue weighted by atomic mass is 9.92. The van der Waals surface area contributed by atoms with E-state index < -0.39 is 0 Å². The fourth-order valence-corrected chi connectivity index (χ4v) is 2.62. The van der Waals surface area contributed by atoms with Gasteiger partial charge in [-0.05, 0) is 53.4 Å². The third kappa shape index (κ3) is 1.94. The monoisotopic (exact) mass is 265 g/mol. The van der Waals surface area contributed by atoms with Gasteiger partial charge in [0.05, 0.1) is 0 Å². The van der Waals surface area contributed by atoms with Gasteiger partial charge in [0.1, 0.15) is 5.82 Å². The van der Waals surface area contributed by atoms with Gasteiger partial charge in [-0.15, -0.1) is 0 Å². The lowest BCUT2D eigenvalue weighted by Gasteiger charge is -2.13. The van der Waals surface area contributed by atoms with Gasteiger partial charge in [0.25, 0.3) is 0 Å². The van der Waals surface area contributed by atoms with Crippen molar-refractivity contribution in [3.05, 3.63) is 65.5 Å². The molecule has 0 unspecified atom stereocenters. The van der Waals surface area contributed by atoms with Crippen LogP contribution in [0.5, 0.6) is 0 Å². The van der Waals surface area contributed by atoms with Gasteiger partial charge in [0.15, 0.2) is 0 Å². The average molecular weight is 265 g/mol. The first kappa shape index (κ1) is 12.7. The van der Waals surface area contributed by atoms with E-state index in [2.05, 4.69) is 6.07 Å². The second kappa shape index (κ2) is 4.64. The van der Waals surface area contributed by atoms with Gasteiger partial charge >= 0.3 is 0 Å². The molecule has 0 aliphatic carbocycles. The number of nitrogens with two attached hydrogens (primary N) is 1. The maximum Gasteiger partial charge on any atom is 0.131 e. The van der Waals surface area contributed by atoms with Crippen molar-refractivity contribution in [1.29, 1.82) is 0 Å². The van der Waals surface area contributed by atoms with E-state index in [-0.39, 0.29) is 5.82 Å². The van der Waals surface area contributed by atoms with Crippen molar-refractivity contribution >= 4 is 16.5 Å². The topological polar surface area (TPSA) is 26.0 Å². The van der Waals surface area contributed by atoms with Crippen LogP contribution in [0.25, 0.3) is 21.9 Å². The molecule has 0 spiro atoms. The summed E-state index contributed by atoms with van der Waals surface area (Å²) in [6, 6.07) is 15.3. The summed E-state index contributed by atoms with van der Waals surface area (Å²) in [6.07, 6.45) is 0. The predicted octanol–water partition coefficient (Wildman–Crippen LogP) is 4.84. The summed E-state index contributed by atoms with van der Waals surface area (Å²) in [5, 5.41) is 2.15. The molecule has 0 saturated heterocycles. The van der Waals surface area contributed by atoms with E-state index in [1.165, 1.54) is 6.07 Å². The largest absolute Gasteiger partial charge is 0.398 e. The molecule has 2 heteroatoms. The van der Waals surface area contributed by atoms with E-state index >= 15 is 0 Å². The Kier molecular flexibility index (Phi) is 2.94. The molecule has 100 valence electrons. The van der Waals surface area contributed by atoms with Crippen LogP contribution >= 0.6 is 0 Å². The lowest BCUT2D eigenvalue weighted by molar-refractivity contribution is 0.630. The minimum atomic E-state index is -0.226. The number of fused-ring (bicyclic) bond motifs is 1. The minimum Gasteiger partial charge on any atom is -0.398 e. The Balaban J connectivity index is 2.40. The zero-order valence-electron chi connectivity index (χ0n) is 11.6. The Bertz CT molecular complexity index is 806. The number of hydrogen-bond acceptors (Lipinski definition) is 1. The van der Waals surface area contributed by atoms with E-state index in [0.717, 1.165) is 27.5 Å². The minimum absolute atomic E-state index is 0.226. The molecule has 0 aromatic heterocycles. The van der Waals surface area contributed by atoms with Crippen LogP contribution in [0.1, 0.15) is 11.1 Å². The van der Waals surface area contributed by atoms with Crippen LogP contribution in [-0.2, 0) is 0 Å². The third-order valence-corrected chi connectivity index (χ3v) is 3.76. The van der Waals surface area contributed by atoms with Crippen molar-refractivity contribution in [2.45, 2.75) is 13.8 Å². The maximum absolute atomic E-state index is 14.4. The second-order valence-electron chi connectivity index (χ2n) is 5.17. The summed E-state index contributed by atoms with van der Waals surface area (Å²) in [5.41, 5.74) is 9.88. The van der Waals surface area contributed by atoms with Crippen molar-refractivity contribution in [2.24, 2.45) is 0 Å². The van der Waals surface area contributed by atoms with Crippen molar-refractivity contribution in [3.63, 3.8) is 0 Å². The Morgan fingerprint density at radius 3 is 2.45 bits per heavy atom. The molecule has 20 heavy (non-hydrogen) atoms. The highest BCUT2D eigenvalue weighted by molar-refractivity contribution is 5.98. The molecule has 0 saturated carbocycles. The van der Waals surface area contributed by atoms with E-state index in [0.29, 0.717) is 11.3 Å². The number of halogens is 1. The molecular formula is C18H16FN. The van der Waals surface area contributed by atoms with Gasteiger partial charge in [-0.3, -0.25) is 0 Å². The zero-order valence-corrected chi connectivity index (χ0v) is 11.6. The Morgan fingerprint density at radius 2 is 1.65 bits per heavy atom. The van der Waals surface area contributed by atoms with Crippen LogP contribution in [0, 0.1) is 19.7 Å². The highest BCUT2D eigenvalue weighted by atomic mass is 19.1. The van der Waals surface area contributed by atoms with Crippen LogP contribution < -0.4 is 5.73 Å². The smallest absolute Gasteiger partial charge is 0.131 e. The van der Waals surface area contributed by atoms with Gasteiger partial charge in [0, 0.05) is 11.3 Å². The lowest BCUT2D eigenvalue weighted by Crippen LogP contribution is -1.95. The first-order chi connectivity index (χ1) is 9.58. The molecule has 3 aromatic carbocycles. The first-order valence-electron chi connectivity index (χ1n) is 6.62. The first-order valence-corrected chi connectivity index (χ1v) is 6.62. The van der Waals surface area contributed by atoms with Crippen LogP contribution in [0.15, 0.2) is 48.5 Å². The molecule has 0 amide bonds. The molecule has 0 heterocycles. The quantitative estimate of drug-likeness (QED) is 0.626. The van der Waals surface area contributed by atoms with Crippen molar-refractivity contribution in [1.82, 2.24) is 0 Å². The summed E-state index contributed by atoms with van der Waals surface area (Å²) in [6.45, 7) is 3.81. The van der Waals surface area contributed by atoms with Gasteiger partial charge in [0.2, 0.25) is 0 Å². The summed E-state index contributed by atoms with van der Waals surface area (Å²) >= 11 is 0. The molecule has 3 aromatic rings. The maximum atomic E-state index is 14.4. The molecule has 0 aliphatic heterocycles. The number of benzene rings is 3. The number of hydrogen-bond donors (Lipinski definition) is 1. The predicted molar refractivity (Wildman–Crippen MR) is 83.2 cm³/mol. The van der Waals surface area contributed by atoms with Gasteiger partial charge in [-0.1, -0.05) is 36.4 Å². The molecule has 0 radical (unpaired) electrons. The summed E-state index contributed by atoms with van der Waals surface area (Å²) in [5.74, 6) is -0.226. The summed E-state index contributed by atoms with van der Waals surface area (Å²) < 4.78 is 14.4. The second-order valence-corrected chi connectivity index (χ2v) is 5.17. The number of rotatable bonds is 1. The fourth-order valence-electron chi connectivity index (χ4n) is 2.62. The van der Waals surface area contributed by atoms with E-state index in [1.807, 2.05) is 44.2 Å². The Hall–Kier alpha value is -2.35. The standard InChI is InChI=1S/C18H16FN/c1-11-7-8-13-5-3-4-6-14(13)18(11)15-10-17(20)12(2)9-16(15)19/h3-10H,20H2,1-2H3. The van der Waals surface area contributed by atoms with E-state index in [9.17, 15) is 4.39 Å². The van der Waals surface area contributed by atoms with Gasteiger partial charge in [-0.25, -0.2) is 4.39 Å². The molecule has 0 fully saturated rings. The van der Waals surface area contributed by atoms with Gasteiger partial charge in [-0.2, -0.15) is 0 Å². The zero-order chi connectivity index (χ0) is 14.3. The molecular weight excluding hydrogens is 249 g/mol. The van der Waals surface area contributed by atoms with Crippen LogP contribution in [0.3, 0.4) is 0 Å². The van der Waals surface area contributed by atoms with Crippen molar-refractivity contribution < 1.29 is 4.39 Å². The van der Waals surface area contributed by atoms with E-state index in [1.54, 1.807) is 6.07 Å². The SMILES string of the molecule is Cc1cc(F)c(-c2c(C)ccc3ccccc23)cc1N. The Labute approximate surface area is 117 Å². The molecule has 1 nitrogen and oxygen atoms in total. The average Bonchev–Trinajstić information content (AvgIpc) is 2.43. The van der Waals surface area contributed by atoms with Crippen LogP contribution in [-0.4, -0.2) is 0 Å². The molecule has 0 bridgehead atoms. The Morgan fingerprint density at radius 1 is 0.900 bits per heavy atom. The molecule has 0 aliphatic rings. The normalized spacial score (nSPS) is 10.9. The molecule has 2 N–H and O–H groups in total. The highest BCUT2D eigenvalue weighted by Gasteiger charge is 2.13. The van der Waals surface area contributed by atoms with Crippen molar-refractivity contribution in [3.8, 4) is 11.1 Å². The number of aryl methyl sites for hydroxylation is 2. The number of anilines is 1. The third-order valence-electron chi connectivity index (χ3n) is 3.76. The molecule has 3 rings (SSSR count). The van der Waals surface area contributed by atoms with Crippen molar-refractivity contribution in [2.75, 3.05) is 5.73 Å². The van der Waals surface area contributed by atoms with Gasteiger partial charge < -0.3 is 5.73 Å². The number of nitrogen functional groups attached to an aromatic ring is 1. The highest BCUT2D eigenvalue weighted by Crippen LogP contribution is 2.35. The van der Waals surface area contributed by atoms with Crippen LogP contribution in [0.4, 0.5) is 10.1 Å². The molecule has 0 atom stereocenters. The van der Waals surface area contributed by atoms with E-state index in [4.69, 9.17) is 5.73 Å².